The molecule has 2 heterocycles. The molecule has 0 atom stereocenters. The SMILES string of the molecule is CCOC(=O)N1CCN(c2ccc(NC(=O)c3ccc(Cl)cc3)nn2)CC1. The highest BCUT2D eigenvalue weighted by Gasteiger charge is 2.22. The van der Waals surface area contributed by atoms with Gasteiger partial charge in [0.25, 0.3) is 5.91 Å². The molecule has 1 aromatic heterocycles. The summed E-state index contributed by atoms with van der Waals surface area (Å²) in [5.41, 5.74) is 0.486. The Morgan fingerprint density at radius 1 is 1.07 bits per heavy atom. The molecule has 1 fully saturated rings. The summed E-state index contributed by atoms with van der Waals surface area (Å²) in [6, 6.07) is 10.1. The molecule has 0 spiro atoms. The lowest BCUT2D eigenvalue weighted by molar-refractivity contribution is 0.102. The minimum absolute atomic E-state index is 0.281. The van der Waals surface area contributed by atoms with E-state index in [1.54, 1.807) is 48.2 Å². The molecule has 27 heavy (non-hydrogen) atoms. The molecule has 1 N–H and O–H groups in total. The van der Waals surface area contributed by atoms with Crippen molar-refractivity contribution in [3.63, 3.8) is 0 Å². The molecule has 1 aromatic carbocycles. The number of carbonyl (C=O) groups is 2. The third-order valence-electron chi connectivity index (χ3n) is 4.13. The van der Waals surface area contributed by atoms with Gasteiger partial charge in [0.15, 0.2) is 11.6 Å². The normalized spacial score (nSPS) is 14.0. The van der Waals surface area contributed by atoms with Crippen molar-refractivity contribution in [2.75, 3.05) is 43.0 Å². The smallest absolute Gasteiger partial charge is 0.409 e. The number of hydrogen-bond acceptors (Lipinski definition) is 6. The molecule has 1 aliphatic rings. The highest BCUT2D eigenvalue weighted by atomic mass is 35.5. The molecule has 2 amide bonds. The van der Waals surface area contributed by atoms with E-state index in [-0.39, 0.29) is 12.0 Å². The molecule has 8 nitrogen and oxygen atoms in total. The van der Waals surface area contributed by atoms with E-state index < -0.39 is 0 Å². The number of ether oxygens (including phenoxy) is 1. The highest BCUT2D eigenvalue weighted by molar-refractivity contribution is 6.30. The van der Waals surface area contributed by atoms with Crippen molar-refractivity contribution in [1.29, 1.82) is 0 Å². The summed E-state index contributed by atoms with van der Waals surface area (Å²) in [5, 5.41) is 11.5. The fourth-order valence-corrected chi connectivity index (χ4v) is 2.81. The zero-order valence-electron chi connectivity index (χ0n) is 14.9. The largest absolute Gasteiger partial charge is 0.450 e. The Morgan fingerprint density at radius 3 is 2.37 bits per heavy atom. The van der Waals surface area contributed by atoms with Gasteiger partial charge in [-0.25, -0.2) is 4.79 Å². The first-order chi connectivity index (χ1) is 13.1. The van der Waals surface area contributed by atoms with Crippen LogP contribution in [0.2, 0.25) is 5.02 Å². The van der Waals surface area contributed by atoms with E-state index in [1.807, 2.05) is 4.90 Å². The number of nitrogens with zero attached hydrogens (tertiary/aromatic N) is 4. The second-order valence-corrected chi connectivity index (χ2v) is 6.35. The quantitative estimate of drug-likeness (QED) is 0.864. The summed E-state index contributed by atoms with van der Waals surface area (Å²) in [7, 11) is 0. The maximum atomic E-state index is 12.2. The Hall–Kier alpha value is -2.87. The summed E-state index contributed by atoms with van der Waals surface area (Å²) in [6.07, 6.45) is -0.288. The van der Waals surface area contributed by atoms with Gasteiger partial charge < -0.3 is 19.9 Å². The lowest BCUT2D eigenvalue weighted by Gasteiger charge is -2.34. The molecule has 1 aliphatic heterocycles. The first-order valence-corrected chi connectivity index (χ1v) is 9.02. The van der Waals surface area contributed by atoms with Gasteiger partial charge in [-0.15, -0.1) is 10.2 Å². The van der Waals surface area contributed by atoms with Crippen LogP contribution in [0.3, 0.4) is 0 Å². The predicted molar refractivity (Wildman–Crippen MR) is 102 cm³/mol. The number of benzene rings is 1. The van der Waals surface area contributed by atoms with Gasteiger partial charge in [0.1, 0.15) is 0 Å². The summed E-state index contributed by atoms with van der Waals surface area (Å²) in [5.74, 6) is 0.781. The topological polar surface area (TPSA) is 87.7 Å². The zero-order valence-corrected chi connectivity index (χ0v) is 15.6. The van der Waals surface area contributed by atoms with Gasteiger partial charge >= 0.3 is 6.09 Å². The number of carbonyl (C=O) groups excluding carboxylic acids is 2. The standard InChI is InChI=1S/C18H20ClN5O3/c1-2-27-18(26)24-11-9-23(10-12-24)16-8-7-15(21-22-16)20-17(25)13-3-5-14(19)6-4-13/h3-8H,2,9-12H2,1H3,(H,20,21,25). The molecule has 0 aliphatic carbocycles. The molecule has 0 saturated carbocycles. The van der Waals surface area contributed by atoms with E-state index in [0.717, 1.165) is 0 Å². The minimum Gasteiger partial charge on any atom is -0.450 e. The number of piperazine rings is 1. The maximum Gasteiger partial charge on any atom is 0.409 e. The van der Waals surface area contributed by atoms with E-state index >= 15 is 0 Å². The van der Waals surface area contributed by atoms with Gasteiger partial charge in [-0.1, -0.05) is 11.6 Å². The van der Waals surface area contributed by atoms with Crippen LogP contribution in [0.4, 0.5) is 16.4 Å². The number of halogens is 1. The van der Waals surface area contributed by atoms with Crippen LogP contribution >= 0.6 is 11.6 Å². The van der Waals surface area contributed by atoms with E-state index in [4.69, 9.17) is 16.3 Å². The number of amides is 2. The Kier molecular flexibility index (Phi) is 6.08. The number of anilines is 2. The van der Waals surface area contributed by atoms with Crippen molar-refractivity contribution in [3.05, 3.63) is 47.0 Å². The van der Waals surface area contributed by atoms with Crippen LogP contribution in [0, 0.1) is 0 Å². The van der Waals surface area contributed by atoms with Crippen LogP contribution in [0.25, 0.3) is 0 Å². The molecule has 0 bridgehead atoms. The number of hydrogen-bond donors (Lipinski definition) is 1. The molecular formula is C18H20ClN5O3. The Labute approximate surface area is 162 Å². The Bertz CT molecular complexity index is 790. The molecular weight excluding hydrogens is 370 g/mol. The number of nitrogens with one attached hydrogen (secondary N) is 1. The van der Waals surface area contributed by atoms with Gasteiger partial charge in [0.2, 0.25) is 0 Å². The molecule has 1 saturated heterocycles. The van der Waals surface area contributed by atoms with Crippen LogP contribution in [0.1, 0.15) is 17.3 Å². The first kappa shape index (κ1) is 18.9. The molecule has 3 rings (SSSR count). The first-order valence-electron chi connectivity index (χ1n) is 8.64. The Morgan fingerprint density at radius 2 is 1.78 bits per heavy atom. The van der Waals surface area contributed by atoms with Crippen LogP contribution < -0.4 is 10.2 Å². The van der Waals surface area contributed by atoms with Gasteiger partial charge in [0, 0.05) is 36.8 Å². The summed E-state index contributed by atoms with van der Waals surface area (Å²) in [6.45, 7) is 4.57. The van der Waals surface area contributed by atoms with E-state index in [0.29, 0.717) is 55.0 Å². The second kappa shape index (κ2) is 8.68. The highest BCUT2D eigenvalue weighted by Crippen LogP contribution is 2.16. The number of aromatic nitrogens is 2. The average Bonchev–Trinajstić information content (AvgIpc) is 2.69. The maximum absolute atomic E-state index is 12.2. The van der Waals surface area contributed by atoms with Gasteiger partial charge in [-0.2, -0.15) is 0 Å². The fourth-order valence-electron chi connectivity index (χ4n) is 2.68. The molecule has 142 valence electrons. The third-order valence-corrected chi connectivity index (χ3v) is 4.38. The summed E-state index contributed by atoms with van der Waals surface area (Å²) < 4.78 is 5.01. The van der Waals surface area contributed by atoms with Crippen LogP contribution in [0.5, 0.6) is 0 Å². The molecule has 0 unspecified atom stereocenters. The molecule has 9 heteroatoms. The molecule has 2 aromatic rings. The Balaban J connectivity index is 1.55. The fraction of sp³-hybridized carbons (Fsp3) is 0.333. The monoisotopic (exact) mass is 389 g/mol. The van der Waals surface area contributed by atoms with Gasteiger partial charge in [-0.3, -0.25) is 4.79 Å². The van der Waals surface area contributed by atoms with Crippen molar-refractivity contribution >= 4 is 35.2 Å². The van der Waals surface area contributed by atoms with Crippen molar-refractivity contribution in [3.8, 4) is 0 Å². The second-order valence-electron chi connectivity index (χ2n) is 5.91. The minimum atomic E-state index is -0.288. The van der Waals surface area contributed by atoms with E-state index in [1.165, 1.54) is 0 Å². The van der Waals surface area contributed by atoms with Gasteiger partial charge in [-0.05, 0) is 43.3 Å². The molecule has 0 radical (unpaired) electrons. The lowest BCUT2D eigenvalue weighted by Crippen LogP contribution is -2.49. The summed E-state index contributed by atoms with van der Waals surface area (Å²) >= 11 is 5.82. The average molecular weight is 390 g/mol. The predicted octanol–water partition coefficient (Wildman–Crippen LogP) is 2.66. The number of rotatable bonds is 4. The third kappa shape index (κ3) is 4.85. The van der Waals surface area contributed by atoms with Crippen LogP contribution in [-0.2, 0) is 4.74 Å². The van der Waals surface area contributed by atoms with Crippen LogP contribution in [0.15, 0.2) is 36.4 Å². The van der Waals surface area contributed by atoms with Crippen molar-refractivity contribution in [1.82, 2.24) is 15.1 Å². The zero-order chi connectivity index (χ0) is 19.2. The van der Waals surface area contributed by atoms with Crippen LogP contribution in [-0.4, -0.2) is 59.9 Å². The van der Waals surface area contributed by atoms with Crippen molar-refractivity contribution < 1.29 is 14.3 Å². The van der Waals surface area contributed by atoms with Crippen molar-refractivity contribution in [2.24, 2.45) is 0 Å². The van der Waals surface area contributed by atoms with E-state index in [9.17, 15) is 9.59 Å². The van der Waals surface area contributed by atoms with Gasteiger partial charge in [0.05, 0.1) is 6.61 Å². The summed E-state index contributed by atoms with van der Waals surface area (Å²) in [4.78, 5) is 27.6. The lowest BCUT2D eigenvalue weighted by atomic mass is 10.2. The van der Waals surface area contributed by atoms with E-state index in [2.05, 4.69) is 15.5 Å². The van der Waals surface area contributed by atoms with Crippen molar-refractivity contribution in [2.45, 2.75) is 6.92 Å².